The number of fused-ring (bicyclic) bond motifs is 1. The molecule has 1 fully saturated rings. The molecule has 1 aliphatic heterocycles. The molecule has 0 N–H and O–H groups in total. The fraction of sp³-hybridized carbons (Fsp3) is 0.357. The van der Waals surface area contributed by atoms with Gasteiger partial charge in [0.1, 0.15) is 16.6 Å². The number of para-hydroxylation sites is 1. The van der Waals surface area contributed by atoms with E-state index in [1.165, 1.54) is 4.90 Å². The number of furan rings is 1. The van der Waals surface area contributed by atoms with Gasteiger partial charge in [0.15, 0.2) is 0 Å². The second-order valence-electron chi connectivity index (χ2n) is 5.14. The number of carbonyl (C=O) groups is 1. The zero-order valence-corrected chi connectivity index (χ0v) is 12.0. The normalized spacial score (nSPS) is 19.6. The Balaban J connectivity index is 1.66. The summed E-state index contributed by atoms with van der Waals surface area (Å²) in [6, 6.07) is 9.44. The van der Waals surface area contributed by atoms with E-state index in [0.717, 1.165) is 16.7 Å². The average Bonchev–Trinajstić information content (AvgIpc) is 2.98. The number of rotatable bonds is 4. The van der Waals surface area contributed by atoms with Crippen LogP contribution in [0.2, 0.25) is 0 Å². The van der Waals surface area contributed by atoms with Crippen LogP contribution in [0.15, 0.2) is 34.7 Å². The Morgan fingerprint density at radius 2 is 2.10 bits per heavy atom. The molecule has 1 unspecified atom stereocenters. The lowest BCUT2D eigenvalue weighted by Gasteiger charge is -2.14. The first-order valence-electron chi connectivity index (χ1n) is 6.62. The average molecular weight is 311 g/mol. The van der Waals surface area contributed by atoms with Gasteiger partial charge in [0.05, 0.1) is 0 Å². The second-order valence-corrected chi connectivity index (χ2v) is 6.76. The zero-order chi connectivity index (χ0) is 15.0. The topological polar surface area (TPSA) is 67.6 Å². The van der Waals surface area contributed by atoms with Crippen LogP contribution < -0.4 is 0 Å². The Morgan fingerprint density at radius 3 is 2.76 bits per heavy atom. The van der Waals surface area contributed by atoms with Crippen molar-refractivity contribution in [2.75, 3.05) is 13.1 Å². The van der Waals surface area contributed by atoms with Gasteiger partial charge in [-0.1, -0.05) is 18.2 Å². The molecular weight excluding hydrogens is 297 g/mol. The van der Waals surface area contributed by atoms with E-state index in [4.69, 9.17) is 4.42 Å². The molecule has 2 heterocycles. The smallest absolute Gasteiger partial charge is 0.307 e. The molecular formula is C14H14FNO4S. The molecule has 1 amide bonds. The Labute approximate surface area is 121 Å². The molecule has 0 bridgehead atoms. The highest BCUT2D eigenvalue weighted by Gasteiger charge is 2.38. The number of halogens is 1. The van der Waals surface area contributed by atoms with Crippen molar-refractivity contribution in [3.63, 3.8) is 0 Å². The highest BCUT2D eigenvalue weighted by Crippen LogP contribution is 2.22. The number of hydrogen-bond donors (Lipinski definition) is 0. The molecule has 0 spiro atoms. The summed E-state index contributed by atoms with van der Waals surface area (Å²) < 4.78 is 40.2. The molecule has 3 rings (SSSR count). The summed E-state index contributed by atoms with van der Waals surface area (Å²) in [6.07, 6.45) is 0.193. The molecule has 5 nitrogen and oxygen atoms in total. The zero-order valence-electron chi connectivity index (χ0n) is 11.2. The van der Waals surface area contributed by atoms with Crippen molar-refractivity contribution in [2.45, 2.75) is 18.1 Å². The summed E-state index contributed by atoms with van der Waals surface area (Å²) in [7, 11) is -4.66. The number of carbonyl (C=O) groups excluding carboxylic acids is 1. The summed E-state index contributed by atoms with van der Waals surface area (Å²) >= 11 is 0. The Hall–Kier alpha value is -1.89. The lowest BCUT2D eigenvalue weighted by atomic mass is 10.2. The predicted molar refractivity (Wildman–Crippen MR) is 74.9 cm³/mol. The molecule has 1 aromatic heterocycles. The molecule has 112 valence electrons. The van der Waals surface area contributed by atoms with Crippen molar-refractivity contribution in [2.24, 2.45) is 0 Å². The number of hydrogen-bond acceptors (Lipinski definition) is 4. The number of likely N-dealkylation sites (tertiary alicyclic amines) is 1. The Kier molecular flexibility index (Phi) is 3.44. The maximum Gasteiger partial charge on any atom is 0.307 e. The fourth-order valence-electron chi connectivity index (χ4n) is 2.55. The van der Waals surface area contributed by atoms with Gasteiger partial charge in [0.25, 0.3) is 0 Å². The minimum absolute atomic E-state index is 0.0854. The van der Waals surface area contributed by atoms with Crippen LogP contribution in [0.3, 0.4) is 0 Å². The minimum atomic E-state index is -4.66. The predicted octanol–water partition coefficient (Wildman–Crippen LogP) is 1.88. The minimum Gasteiger partial charge on any atom is -0.461 e. The first kappa shape index (κ1) is 14.1. The summed E-state index contributed by atoms with van der Waals surface area (Å²) in [5.41, 5.74) is 0.768. The van der Waals surface area contributed by atoms with Crippen molar-refractivity contribution in [1.82, 2.24) is 4.90 Å². The summed E-state index contributed by atoms with van der Waals surface area (Å²) in [4.78, 5) is 13.1. The van der Waals surface area contributed by atoms with Gasteiger partial charge in [0, 0.05) is 31.3 Å². The van der Waals surface area contributed by atoms with Crippen molar-refractivity contribution >= 4 is 27.1 Å². The number of nitrogens with zero attached hydrogens (tertiary/aromatic N) is 1. The molecule has 7 heteroatoms. The van der Waals surface area contributed by atoms with Crippen LogP contribution in [-0.2, 0) is 21.4 Å². The van der Waals surface area contributed by atoms with E-state index in [9.17, 15) is 17.1 Å². The largest absolute Gasteiger partial charge is 0.461 e. The van der Waals surface area contributed by atoms with E-state index in [1.807, 2.05) is 30.3 Å². The second kappa shape index (κ2) is 5.14. The van der Waals surface area contributed by atoms with E-state index >= 15 is 0 Å². The molecule has 1 atom stereocenters. The van der Waals surface area contributed by atoms with E-state index < -0.39 is 15.5 Å². The molecule has 1 saturated heterocycles. The molecule has 0 saturated carbocycles. The van der Waals surface area contributed by atoms with Crippen LogP contribution in [0.1, 0.15) is 12.2 Å². The third kappa shape index (κ3) is 2.92. The molecule has 21 heavy (non-hydrogen) atoms. The van der Waals surface area contributed by atoms with Crippen molar-refractivity contribution in [1.29, 1.82) is 0 Å². The van der Waals surface area contributed by atoms with E-state index in [2.05, 4.69) is 0 Å². The van der Waals surface area contributed by atoms with Gasteiger partial charge in [-0.2, -0.15) is 8.42 Å². The fourth-order valence-corrected chi connectivity index (χ4v) is 3.25. The van der Waals surface area contributed by atoms with Crippen molar-refractivity contribution < 1.29 is 21.5 Å². The Bertz CT molecular complexity index is 750. The lowest BCUT2D eigenvalue weighted by molar-refractivity contribution is -0.127. The number of benzene rings is 1. The number of amides is 1. The molecule has 0 radical (unpaired) electrons. The maximum absolute atomic E-state index is 12.9. The molecule has 2 aromatic rings. The van der Waals surface area contributed by atoms with Crippen LogP contribution in [0.25, 0.3) is 11.0 Å². The summed E-state index contributed by atoms with van der Waals surface area (Å²) in [5, 5.41) is -0.259. The highest BCUT2D eigenvalue weighted by molar-refractivity contribution is 7.87. The Morgan fingerprint density at radius 1 is 1.33 bits per heavy atom. The molecule has 1 aliphatic rings. The van der Waals surface area contributed by atoms with Gasteiger partial charge in [-0.15, -0.1) is 3.89 Å². The van der Waals surface area contributed by atoms with Crippen LogP contribution in [0.5, 0.6) is 0 Å². The standard InChI is InChI=1S/C14H14FNO4S/c15-21(18,19)12-8-14(17)16(9-12)6-5-11-7-10-3-1-2-4-13(10)20-11/h1-4,7,12H,5-6,8-9H2. The first-order valence-corrected chi connectivity index (χ1v) is 8.07. The molecule has 1 aromatic carbocycles. The first-order chi connectivity index (χ1) is 9.93. The monoisotopic (exact) mass is 311 g/mol. The summed E-state index contributed by atoms with van der Waals surface area (Å²) in [5.74, 6) is 0.382. The van der Waals surface area contributed by atoms with Gasteiger partial charge in [-0.05, 0) is 12.1 Å². The van der Waals surface area contributed by atoms with Gasteiger partial charge in [0.2, 0.25) is 5.91 Å². The summed E-state index contributed by atoms with van der Waals surface area (Å²) in [6.45, 7) is 0.239. The van der Waals surface area contributed by atoms with Gasteiger partial charge in [-0.3, -0.25) is 4.79 Å². The van der Waals surface area contributed by atoms with Gasteiger partial charge in [-0.25, -0.2) is 0 Å². The highest BCUT2D eigenvalue weighted by atomic mass is 32.3. The van der Waals surface area contributed by atoms with Crippen molar-refractivity contribution in [3.05, 3.63) is 36.1 Å². The van der Waals surface area contributed by atoms with Crippen LogP contribution in [0, 0.1) is 0 Å². The van der Waals surface area contributed by atoms with Gasteiger partial charge >= 0.3 is 10.2 Å². The quantitative estimate of drug-likeness (QED) is 0.809. The van der Waals surface area contributed by atoms with Crippen molar-refractivity contribution in [3.8, 4) is 0 Å². The van der Waals surface area contributed by atoms with E-state index in [0.29, 0.717) is 13.0 Å². The molecule has 0 aliphatic carbocycles. The van der Waals surface area contributed by atoms with E-state index in [-0.39, 0.29) is 18.9 Å². The SMILES string of the molecule is O=C1CC(S(=O)(=O)F)CN1CCc1cc2ccccc2o1. The lowest BCUT2D eigenvalue weighted by Crippen LogP contribution is -2.29. The van der Waals surface area contributed by atoms with Crippen LogP contribution in [-0.4, -0.2) is 37.6 Å². The maximum atomic E-state index is 12.9. The third-order valence-corrected chi connectivity index (χ3v) is 4.79. The van der Waals surface area contributed by atoms with E-state index in [1.54, 1.807) is 0 Å². The third-order valence-electron chi connectivity index (χ3n) is 3.68. The van der Waals surface area contributed by atoms with Gasteiger partial charge < -0.3 is 9.32 Å². The van der Waals surface area contributed by atoms with Crippen LogP contribution in [0.4, 0.5) is 3.89 Å². The van der Waals surface area contributed by atoms with Crippen LogP contribution >= 0.6 is 0 Å².